The number of aliphatic hydroxyl groups is 1. The molecule has 0 radical (unpaired) electrons. The summed E-state index contributed by atoms with van der Waals surface area (Å²) >= 11 is 6.14. The Labute approximate surface area is 159 Å². The van der Waals surface area contributed by atoms with Crippen LogP contribution in [-0.4, -0.2) is 28.3 Å². The number of ether oxygens (including phenoxy) is 1. The Kier molecular flexibility index (Phi) is 9.13. The molecule has 4 N–H and O–H groups in total. The van der Waals surface area contributed by atoms with Crippen molar-refractivity contribution in [2.45, 2.75) is 45.4 Å². The van der Waals surface area contributed by atoms with Crippen molar-refractivity contribution in [3.8, 4) is 5.75 Å². The van der Waals surface area contributed by atoms with Gasteiger partial charge in [-0.25, -0.2) is 4.79 Å². The Hall–Kier alpha value is -2.08. The van der Waals surface area contributed by atoms with Crippen LogP contribution in [-0.2, 0) is 4.79 Å². The monoisotopic (exact) mass is 379 g/mol. The summed E-state index contributed by atoms with van der Waals surface area (Å²) in [7, 11) is 0. The Balaban J connectivity index is 0.000000487. The third kappa shape index (κ3) is 7.87. The minimum absolute atomic E-state index is 0.0602. The highest BCUT2D eigenvalue weighted by Gasteiger charge is 2.15. The highest BCUT2D eigenvalue weighted by molar-refractivity contribution is 6.31. The Bertz CT molecular complexity index is 689. The fraction of sp³-hybridized carbons (Fsp3) is 0.350. The highest BCUT2D eigenvalue weighted by Crippen LogP contribution is 2.28. The number of hydrogen-bond acceptors (Lipinski definition) is 4. The van der Waals surface area contributed by atoms with E-state index in [0.717, 1.165) is 28.3 Å². The van der Waals surface area contributed by atoms with E-state index in [1.54, 1.807) is 0 Å². The fourth-order valence-electron chi connectivity index (χ4n) is 2.07. The molecular weight excluding hydrogens is 354 g/mol. The number of carbonyl (C=O) groups is 1. The molecule has 2 rings (SSSR count). The van der Waals surface area contributed by atoms with Crippen molar-refractivity contribution >= 4 is 17.6 Å². The number of aliphatic carboxylic acids is 1. The second-order valence-corrected chi connectivity index (χ2v) is 6.56. The highest BCUT2D eigenvalue weighted by atomic mass is 35.5. The molecule has 0 aliphatic carbocycles. The molecule has 5 nitrogen and oxygen atoms in total. The van der Waals surface area contributed by atoms with Gasteiger partial charge in [0.25, 0.3) is 0 Å². The van der Waals surface area contributed by atoms with Gasteiger partial charge in [-0.05, 0) is 44.0 Å². The van der Waals surface area contributed by atoms with Crippen molar-refractivity contribution in [1.29, 1.82) is 0 Å². The third-order valence-corrected chi connectivity index (χ3v) is 3.94. The first-order valence-electron chi connectivity index (χ1n) is 8.35. The molecule has 0 saturated carbocycles. The maximum Gasteiger partial charge on any atom is 0.332 e. The van der Waals surface area contributed by atoms with Gasteiger partial charge in [0.2, 0.25) is 0 Å². The molecule has 0 aromatic heterocycles. The van der Waals surface area contributed by atoms with Crippen LogP contribution in [0.1, 0.15) is 37.5 Å². The molecule has 0 amide bonds. The number of rotatable bonds is 6. The van der Waals surface area contributed by atoms with Crippen molar-refractivity contribution in [1.82, 2.24) is 0 Å². The van der Waals surface area contributed by atoms with Gasteiger partial charge in [0.05, 0.1) is 0 Å². The van der Waals surface area contributed by atoms with Crippen molar-refractivity contribution in [3.05, 3.63) is 64.7 Å². The minimum atomic E-state index is -1.23. The van der Waals surface area contributed by atoms with Crippen molar-refractivity contribution in [3.63, 3.8) is 0 Å². The zero-order chi connectivity index (χ0) is 19.7. The summed E-state index contributed by atoms with van der Waals surface area (Å²) < 4.78 is 6.08. The van der Waals surface area contributed by atoms with Gasteiger partial charge in [-0.15, -0.1) is 0 Å². The first-order chi connectivity index (χ1) is 12.2. The van der Waals surface area contributed by atoms with Crippen LogP contribution in [0.15, 0.2) is 48.5 Å². The summed E-state index contributed by atoms with van der Waals surface area (Å²) in [6.45, 7) is 5.16. The van der Waals surface area contributed by atoms with E-state index in [-0.39, 0.29) is 12.1 Å². The topological polar surface area (TPSA) is 92.8 Å². The molecule has 0 bridgehead atoms. The van der Waals surface area contributed by atoms with Gasteiger partial charge < -0.3 is 20.7 Å². The van der Waals surface area contributed by atoms with Gasteiger partial charge in [0.1, 0.15) is 18.0 Å². The summed E-state index contributed by atoms with van der Waals surface area (Å²) in [5.41, 5.74) is 8.10. The van der Waals surface area contributed by atoms with Crippen LogP contribution < -0.4 is 10.5 Å². The second kappa shape index (κ2) is 10.8. The van der Waals surface area contributed by atoms with Gasteiger partial charge in [-0.2, -0.15) is 0 Å². The number of benzene rings is 2. The molecule has 0 heterocycles. The summed E-state index contributed by atoms with van der Waals surface area (Å²) in [5, 5.41) is 16.5. The number of aryl methyl sites for hydroxylation is 1. The standard InChI is InChI=1S/C17H20ClNO.C3H6O3/c1-12-8-9-15(11-16(12)18)20-17(10-13(2)19)14-6-4-3-5-7-14;1-2(4)3(5)6/h3-9,11,13,17H,10,19H2,1-2H3;2,4H,1H3,(H,5,6). The molecule has 2 aromatic rings. The van der Waals surface area contributed by atoms with Crippen molar-refractivity contribution in [2.75, 3.05) is 0 Å². The third-order valence-electron chi connectivity index (χ3n) is 3.54. The zero-order valence-electron chi connectivity index (χ0n) is 15.2. The number of halogens is 1. The van der Waals surface area contributed by atoms with Gasteiger partial charge in [-0.1, -0.05) is 48.0 Å². The number of carboxylic acid groups (broad SMARTS) is 1. The number of nitrogens with two attached hydrogens (primary N) is 1. The van der Waals surface area contributed by atoms with Crippen LogP contribution in [0.2, 0.25) is 5.02 Å². The predicted octanol–water partition coefficient (Wildman–Crippen LogP) is 3.96. The molecule has 6 heteroatoms. The van der Waals surface area contributed by atoms with Crippen LogP contribution in [0.25, 0.3) is 0 Å². The number of carboxylic acids is 1. The quantitative estimate of drug-likeness (QED) is 0.706. The zero-order valence-corrected chi connectivity index (χ0v) is 16.0. The van der Waals surface area contributed by atoms with E-state index in [4.69, 9.17) is 32.3 Å². The summed E-state index contributed by atoms with van der Waals surface area (Å²) in [5.74, 6) is -0.412. The molecule has 0 saturated heterocycles. The molecular formula is C20H26ClNO4. The Morgan fingerprint density at radius 3 is 2.23 bits per heavy atom. The van der Waals surface area contributed by atoms with E-state index in [1.807, 2.05) is 50.2 Å². The van der Waals surface area contributed by atoms with E-state index in [9.17, 15) is 4.79 Å². The first-order valence-corrected chi connectivity index (χ1v) is 8.72. The lowest BCUT2D eigenvalue weighted by Gasteiger charge is -2.21. The molecule has 3 atom stereocenters. The summed E-state index contributed by atoms with van der Waals surface area (Å²) in [6, 6.07) is 16.0. The van der Waals surface area contributed by atoms with Crippen LogP contribution in [0.5, 0.6) is 5.75 Å². The molecule has 2 aromatic carbocycles. The lowest BCUT2D eigenvalue weighted by molar-refractivity contribution is -0.145. The average molecular weight is 380 g/mol. The Morgan fingerprint density at radius 1 is 1.19 bits per heavy atom. The second-order valence-electron chi connectivity index (χ2n) is 6.16. The lowest BCUT2D eigenvalue weighted by Crippen LogP contribution is -2.21. The van der Waals surface area contributed by atoms with E-state index >= 15 is 0 Å². The van der Waals surface area contributed by atoms with Gasteiger partial charge in [0, 0.05) is 17.5 Å². The van der Waals surface area contributed by atoms with Crippen LogP contribution in [0.4, 0.5) is 0 Å². The largest absolute Gasteiger partial charge is 0.486 e. The predicted molar refractivity (Wildman–Crippen MR) is 104 cm³/mol. The van der Waals surface area contributed by atoms with Gasteiger partial charge >= 0.3 is 5.97 Å². The molecule has 142 valence electrons. The SMILES string of the molecule is CC(O)C(=O)O.Cc1ccc(OC(CC(C)N)c2ccccc2)cc1Cl. The van der Waals surface area contributed by atoms with Crippen molar-refractivity contribution in [2.24, 2.45) is 5.73 Å². The average Bonchev–Trinajstić information content (AvgIpc) is 2.58. The van der Waals surface area contributed by atoms with E-state index in [1.165, 1.54) is 6.92 Å². The normalized spacial score (nSPS) is 13.8. The fourth-order valence-corrected chi connectivity index (χ4v) is 2.24. The molecule has 0 aliphatic rings. The number of hydrogen-bond donors (Lipinski definition) is 3. The lowest BCUT2D eigenvalue weighted by atomic mass is 10.0. The smallest absolute Gasteiger partial charge is 0.332 e. The van der Waals surface area contributed by atoms with Crippen molar-refractivity contribution < 1.29 is 19.7 Å². The molecule has 3 unspecified atom stereocenters. The molecule has 26 heavy (non-hydrogen) atoms. The van der Waals surface area contributed by atoms with E-state index < -0.39 is 12.1 Å². The number of aliphatic hydroxyl groups excluding tert-OH is 1. The van der Waals surface area contributed by atoms with Crippen LogP contribution in [0, 0.1) is 6.92 Å². The summed E-state index contributed by atoms with van der Waals surface area (Å²) in [4.78, 5) is 9.45. The molecule has 0 aliphatic heterocycles. The molecule has 0 spiro atoms. The molecule has 0 fully saturated rings. The van der Waals surface area contributed by atoms with Gasteiger partial charge in [0.15, 0.2) is 0 Å². The van der Waals surface area contributed by atoms with Crippen LogP contribution >= 0.6 is 11.6 Å². The van der Waals surface area contributed by atoms with Gasteiger partial charge in [-0.3, -0.25) is 0 Å². The van der Waals surface area contributed by atoms with E-state index in [0.29, 0.717) is 0 Å². The Morgan fingerprint density at radius 2 is 1.77 bits per heavy atom. The van der Waals surface area contributed by atoms with Crippen LogP contribution in [0.3, 0.4) is 0 Å². The summed E-state index contributed by atoms with van der Waals surface area (Å²) in [6.07, 6.45) is -0.532. The maximum atomic E-state index is 9.45. The minimum Gasteiger partial charge on any atom is -0.486 e. The maximum absolute atomic E-state index is 9.45. The van der Waals surface area contributed by atoms with E-state index in [2.05, 4.69) is 12.1 Å². The first kappa shape index (κ1) is 22.0.